The second-order valence-corrected chi connectivity index (χ2v) is 8.47. The predicted octanol–water partition coefficient (Wildman–Crippen LogP) is 6.12. The van der Waals surface area contributed by atoms with Gasteiger partial charge in [-0.15, -0.1) is 10.2 Å². The normalized spacial score (nSPS) is 11.4. The molecule has 1 aromatic heterocycles. The number of hydrogen-bond acceptors (Lipinski definition) is 5. The number of aromatic nitrogens is 2. The third-order valence-corrected chi connectivity index (χ3v) is 5.26. The molecule has 156 valence electrons. The van der Waals surface area contributed by atoms with Gasteiger partial charge in [-0.1, -0.05) is 69.3 Å². The minimum Gasteiger partial charge on any atom is -0.465 e. The van der Waals surface area contributed by atoms with Gasteiger partial charge in [-0.05, 0) is 35.2 Å². The van der Waals surface area contributed by atoms with E-state index in [0.717, 1.165) is 27.7 Å². The van der Waals surface area contributed by atoms with Gasteiger partial charge in [0.1, 0.15) is 5.69 Å². The zero-order valence-corrected chi connectivity index (χ0v) is 18.1. The standard InChI is InChI=1S/C26H25N3O2/c1-26(2,3)19-8-7-9-20(16-19)27-24-22-11-6-5-10-21(22)23(28-29-24)17-12-14-18(15-13-17)25(30)31-4/h5-16H,1-4H3,(H,27,29). The van der Waals surface area contributed by atoms with Crippen LogP contribution in [0.2, 0.25) is 0 Å². The minimum atomic E-state index is -0.362. The highest BCUT2D eigenvalue weighted by Crippen LogP contribution is 2.32. The Labute approximate surface area is 182 Å². The van der Waals surface area contributed by atoms with E-state index in [1.807, 2.05) is 42.5 Å². The predicted molar refractivity (Wildman–Crippen MR) is 125 cm³/mol. The van der Waals surface area contributed by atoms with Crippen molar-refractivity contribution in [3.05, 3.63) is 83.9 Å². The van der Waals surface area contributed by atoms with Crippen LogP contribution in [0.3, 0.4) is 0 Å². The van der Waals surface area contributed by atoms with E-state index in [9.17, 15) is 4.79 Å². The number of rotatable bonds is 4. The Morgan fingerprint density at radius 1 is 0.871 bits per heavy atom. The van der Waals surface area contributed by atoms with Gasteiger partial charge in [-0.25, -0.2) is 4.79 Å². The van der Waals surface area contributed by atoms with E-state index in [2.05, 4.69) is 54.5 Å². The molecule has 0 unspecified atom stereocenters. The Morgan fingerprint density at radius 2 is 1.58 bits per heavy atom. The second-order valence-electron chi connectivity index (χ2n) is 8.47. The van der Waals surface area contributed by atoms with Gasteiger partial charge in [0.15, 0.2) is 5.82 Å². The van der Waals surface area contributed by atoms with Gasteiger partial charge in [-0.2, -0.15) is 0 Å². The zero-order valence-electron chi connectivity index (χ0n) is 18.1. The number of benzene rings is 3. The van der Waals surface area contributed by atoms with Gasteiger partial charge in [-0.3, -0.25) is 0 Å². The van der Waals surface area contributed by atoms with Crippen molar-refractivity contribution in [2.75, 3.05) is 12.4 Å². The van der Waals surface area contributed by atoms with E-state index < -0.39 is 0 Å². The monoisotopic (exact) mass is 411 g/mol. The van der Waals surface area contributed by atoms with E-state index in [4.69, 9.17) is 4.74 Å². The molecule has 1 N–H and O–H groups in total. The lowest BCUT2D eigenvalue weighted by atomic mass is 9.87. The maximum atomic E-state index is 11.7. The average Bonchev–Trinajstić information content (AvgIpc) is 2.78. The minimum absolute atomic E-state index is 0.0612. The lowest BCUT2D eigenvalue weighted by Crippen LogP contribution is -2.11. The molecule has 0 saturated heterocycles. The van der Waals surface area contributed by atoms with E-state index in [1.54, 1.807) is 12.1 Å². The van der Waals surface area contributed by atoms with Crippen LogP contribution in [-0.2, 0) is 10.2 Å². The molecule has 0 aliphatic rings. The third-order valence-electron chi connectivity index (χ3n) is 5.26. The first-order chi connectivity index (χ1) is 14.9. The molecule has 0 aliphatic carbocycles. The molecule has 0 aliphatic heterocycles. The first-order valence-electron chi connectivity index (χ1n) is 10.2. The molecule has 5 nitrogen and oxygen atoms in total. The Balaban J connectivity index is 1.73. The lowest BCUT2D eigenvalue weighted by molar-refractivity contribution is 0.0601. The molecule has 4 rings (SSSR count). The highest BCUT2D eigenvalue weighted by atomic mass is 16.5. The van der Waals surface area contributed by atoms with E-state index in [0.29, 0.717) is 11.4 Å². The number of esters is 1. The number of fused-ring (bicyclic) bond motifs is 1. The summed E-state index contributed by atoms with van der Waals surface area (Å²) in [6.07, 6.45) is 0. The molecule has 1 heterocycles. The van der Waals surface area contributed by atoms with Crippen LogP contribution < -0.4 is 5.32 Å². The molecule has 0 spiro atoms. The van der Waals surface area contributed by atoms with Crippen LogP contribution >= 0.6 is 0 Å². The van der Waals surface area contributed by atoms with Crippen LogP contribution in [0, 0.1) is 0 Å². The summed E-state index contributed by atoms with van der Waals surface area (Å²) < 4.78 is 4.78. The summed E-state index contributed by atoms with van der Waals surface area (Å²) in [4.78, 5) is 11.7. The Kier molecular flexibility index (Phi) is 5.42. The number of hydrogen-bond donors (Lipinski definition) is 1. The number of nitrogens with one attached hydrogen (secondary N) is 1. The summed E-state index contributed by atoms with van der Waals surface area (Å²) in [6.45, 7) is 6.59. The van der Waals surface area contributed by atoms with Crippen LogP contribution in [0.1, 0.15) is 36.7 Å². The molecule has 0 bridgehead atoms. The van der Waals surface area contributed by atoms with E-state index in [-0.39, 0.29) is 11.4 Å². The molecule has 0 atom stereocenters. The van der Waals surface area contributed by atoms with E-state index in [1.165, 1.54) is 12.7 Å². The van der Waals surface area contributed by atoms with Crippen LogP contribution in [0.15, 0.2) is 72.8 Å². The molecule has 0 saturated carbocycles. The number of carbonyl (C=O) groups excluding carboxylic acids is 1. The smallest absolute Gasteiger partial charge is 0.337 e. The summed E-state index contributed by atoms with van der Waals surface area (Å²) >= 11 is 0. The SMILES string of the molecule is COC(=O)c1ccc(-c2nnc(Nc3cccc(C(C)(C)C)c3)c3ccccc23)cc1. The topological polar surface area (TPSA) is 64.1 Å². The largest absolute Gasteiger partial charge is 0.465 e. The van der Waals surface area contributed by atoms with Crippen molar-refractivity contribution in [1.82, 2.24) is 10.2 Å². The maximum Gasteiger partial charge on any atom is 0.337 e. The fourth-order valence-corrected chi connectivity index (χ4v) is 3.49. The van der Waals surface area contributed by atoms with Gasteiger partial charge >= 0.3 is 5.97 Å². The summed E-state index contributed by atoms with van der Waals surface area (Å²) in [5.41, 5.74) is 4.43. The number of anilines is 2. The maximum absolute atomic E-state index is 11.7. The van der Waals surface area contributed by atoms with Crippen LogP contribution in [0.4, 0.5) is 11.5 Å². The molecule has 0 radical (unpaired) electrons. The number of ether oxygens (including phenoxy) is 1. The summed E-state index contributed by atoms with van der Waals surface area (Å²) in [5, 5.41) is 14.4. The fourth-order valence-electron chi connectivity index (χ4n) is 3.49. The quantitative estimate of drug-likeness (QED) is 0.410. The zero-order chi connectivity index (χ0) is 22.0. The van der Waals surface area contributed by atoms with E-state index >= 15 is 0 Å². The van der Waals surface area contributed by atoms with Gasteiger partial charge in [0.25, 0.3) is 0 Å². The Morgan fingerprint density at radius 3 is 2.26 bits per heavy atom. The number of methoxy groups -OCH3 is 1. The molecule has 3 aromatic carbocycles. The average molecular weight is 412 g/mol. The second kappa shape index (κ2) is 8.19. The lowest BCUT2D eigenvalue weighted by Gasteiger charge is -2.20. The molecule has 0 amide bonds. The van der Waals surface area contributed by atoms with Gasteiger partial charge in [0.2, 0.25) is 0 Å². The van der Waals surface area contributed by atoms with Crippen molar-refractivity contribution in [2.45, 2.75) is 26.2 Å². The van der Waals surface area contributed by atoms with Gasteiger partial charge < -0.3 is 10.1 Å². The van der Waals surface area contributed by atoms with Gasteiger partial charge in [0, 0.05) is 22.0 Å². The number of nitrogens with zero attached hydrogens (tertiary/aromatic N) is 2. The van der Waals surface area contributed by atoms with Crippen molar-refractivity contribution in [2.24, 2.45) is 0 Å². The highest BCUT2D eigenvalue weighted by molar-refractivity contribution is 6.01. The van der Waals surface area contributed by atoms with Crippen molar-refractivity contribution in [3.8, 4) is 11.3 Å². The summed E-state index contributed by atoms with van der Waals surface area (Å²) in [5.74, 6) is 0.344. The van der Waals surface area contributed by atoms with Crippen molar-refractivity contribution in [3.63, 3.8) is 0 Å². The van der Waals surface area contributed by atoms with Crippen LogP contribution in [0.25, 0.3) is 22.0 Å². The molecular weight excluding hydrogens is 386 g/mol. The van der Waals surface area contributed by atoms with Crippen molar-refractivity contribution < 1.29 is 9.53 Å². The fraction of sp³-hybridized carbons (Fsp3) is 0.192. The molecular formula is C26H25N3O2. The Bertz CT molecular complexity index is 1240. The van der Waals surface area contributed by atoms with Crippen molar-refractivity contribution >= 4 is 28.2 Å². The Hall–Kier alpha value is -3.73. The van der Waals surface area contributed by atoms with Gasteiger partial charge in [0.05, 0.1) is 12.7 Å². The van der Waals surface area contributed by atoms with Crippen LogP contribution in [-0.4, -0.2) is 23.3 Å². The molecule has 5 heteroatoms. The summed E-state index contributed by atoms with van der Waals surface area (Å²) in [6, 6.07) is 23.6. The molecule has 4 aromatic rings. The highest BCUT2D eigenvalue weighted by Gasteiger charge is 2.15. The first-order valence-corrected chi connectivity index (χ1v) is 10.2. The third kappa shape index (κ3) is 4.26. The first kappa shape index (κ1) is 20.5. The van der Waals surface area contributed by atoms with Crippen LogP contribution in [0.5, 0.6) is 0 Å². The summed E-state index contributed by atoms with van der Waals surface area (Å²) in [7, 11) is 1.37. The molecule has 31 heavy (non-hydrogen) atoms. The van der Waals surface area contributed by atoms with Crippen molar-refractivity contribution in [1.29, 1.82) is 0 Å². The molecule has 0 fully saturated rings. The number of carbonyl (C=O) groups is 1.